The van der Waals surface area contributed by atoms with Gasteiger partial charge in [-0.3, -0.25) is 0 Å². The summed E-state index contributed by atoms with van der Waals surface area (Å²) in [7, 11) is 0. The Morgan fingerprint density at radius 3 is 1.83 bits per heavy atom. The highest BCUT2D eigenvalue weighted by molar-refractivity contribution is 9.14. The molecule has 0 N–H and O–H groups in total. The minimum Gasteiger partial charge on any atom is -0.0878 e. The van der Waals surface area contributed by atoms with E-state index in [1.807, 2.05) is 0 Å². The third-order valence-electron chi connectivity index (χ3n) is 4.17. The first-order valence-electron chi connectivity index (χ1n) is 7.04. The molecule has 0 aromatic rings. The van der Waals surface area contributed by atoms with Crippen molar-refractivity contribution in [2.45, 2.75) is 78.1 Å². The lowest BCUT2D eigenvalue weighted by Gasteiger charge is -2.48. The molecule has 1 rings (SSSR count). The van der Waals surface area contributed by atoms with Gasteiger partial charge in [-0.1, -0.05) is 103 Å². The van der Waals surface area contributed by atoms with E-state index in [4.69, 9.17) is 0 Å². The Hall–Kier alpha value is 1.92. The van der Waals surface area contributed by atoms with Gasteiger partial charge in [0.1, 0.15) is 0 Å². The monoisotopic (exact) mass is 508 g/mol. The van der Waals surface area contributed by atoms with Gasteiger partial charge in [0.05, 0.1) is 0 Å². The van der Waals surface area contributed by atoms with Crippen molar-refractivity contribution in [2.24, 2.45) is 5.41 Å². The van der Waals surface area contributed by atoms with Gasteiger partial charge in [-0.25, -0.2) is 0 Å². The van der Waals surface area contributed by atoms with Gasteiger partial charge in [0, 0.05) is 19.3 Å². The topological polar surface area (TPSA) is 0 Å². The molecule has 0 aromatic heterocycles. The molecule has 1 aliphatic rings. The van der Waals surface area contributed by atoms with Gasteiger partial charge in [0.2, 0.25) is 0 Å². The molecule has 4 heteroatoms. The maximum Gasteiger partial charge on any atom is 0.0412 e. The Bertz CT molecular complexity index is 236. The van der Waals surface area contributed by atoms with Gasteiger partial charge >= 0.3 is 0 Å². The molecule has 108 valence electrons. The van der Waals surface area contributed by atoms with Crippen LogP contribution in [0.5, 0.6) is 0 Å². The van der Waals surface area contributed by atoms with Crippen molar-refractivity contribution in [2.75, 3.05) is 0 Å². The standard InChI is InChI=1S/C14H24Br4/c1-3-5-7-14(8-6-4-2)9-10(15)11(16)12(17)13(14)18/h10-13H,3-9H2,1-2H3. The predicted octanol–water partition coefficient (Wildman–Crippen LogP) is 6.81. The van der Waals surface area contributed by atoms with Gasteiger partial charge in [0.25, 0.3) is 0 Å². The van der Waals surface area contributed by atoms with E-state index >= 15 is 0 Å². The van der Waals surface area contributed by atoms with Gasteiger partial charge in [0.15, 0.2) is 0 Å². The van der Waals surface area contributed by atoms with Crippen LogP contribution in [0.2, 0.25) is 0 Å². The fraction of sp³-hybridized carbons (Fsp3) is 1.00. The van der Waals surface area contributed by atoms with Crippen molar-refractivity contribution in [1.82, 2.24) is 0 Å². The molecular formula is C14H24Br4. The Morgan fingerprint density at radius 1 is 0.889 bits per heavy atom. The maximum absolute atomic E-state index is 4.01. The largest absolute Gasteiger partial charge is 0.0878 e. The summed E-state index contributed by atoms with van der Waals surface area (Å²) in [6.07, 6.45) is 9.26. The maximum atomic E-state index is 4.01. The number of alkyl halides is 4. The molecule has 1 saturated carbocycles. The summed E-state index contributed by atoms with van der Waals surface area (Å²) in [4.78, 5) is 2.16. The summed E-state index contributed by atoms with van der Waals surface area (Å²) in [6.45, 7) is 4.59. The molecule has 4 atom stereocenters. The number of hydrogen-bond donors (Lipinski definition) is 0. The van der Waals surface area contributed by atoms with E-state index in [1.54, 1.807) is 0 Å². The van der Waals surface area contributed by atoms with Crippen LogP contribution in [0.1, 0.15) is 58.8 Å². The van der Waals surface area contributed by atoms with Crippen molar-refractivity contribution in [3.63, 3.8) is 0 Å². The number of rotatable bonds is 6. The summed E-state index contributed by atoms with van der Waals surface area (Å²) in [6, 6.07) is 0. The molecule has 1 aliphatic carbocycles. The lowest BCUT2D eigenvalue weighted by atomic mass is 9.68. The summed E-state index contributed by atoms with van der Waals surface area (Å²) >= 11 is 15.6. The van der Waals surface area contributed by atoms with Crippen LogP contribution in [0.25, 0.3) is 0 Å². The van der Waals surface area contributed by atoms with Crippen molar-refractivity contribution in [3.05, 3.63) is 0 Å². The third kappa shape index (κ3) is 4.21. The van der Waals surface area contributed by atoms with E-state index in [-0.39, 0.29) is 0 Å². The molecule has 4 unspecified atom stereocenters. The Labute approximate surface area is 146 Å². The van der Waals surface area contributed by atoms with Crippen molar-refractivity contribution in [1.29, 1.82) is 0 Å². The van der Waals surface area contributed by atoms with Crippen molar-refractivity contribution < 1.29 is 0 Å². The Balaban J connectivity index is 2.85. The number of hydrogen-bond acceptors (Lipinski definition) is 0. The van der Waals surface area contributed by atoms with Crippen molar-refractivity contribution in [3.8, 4) is 0 Å². The van der Waals surface area contributed by atoms with Gasteiger partial charge in [-0.05, 0) is 24.7 Å². The second-order valence-corrected chi connectivity index (χ2v) is 9.86. The van der Waals surface area contributed by atoms with Crippen LogP contribution in [-0.4, -0.2) is 19.3 Å². The van der Waals surface area contributed by atoms with Gasteiger partial charge in [-0.15, -0.1) is 0 Å². The third-order valence-corrected chi connectivity index (χ3v) is 11.0. The zero-order valence-electron chi connectivity index (χ0n) is 11.3. The van der Waals surface area contributed by atoms with E-state index in [2.05, 4.69) is 77.6 Å². The first-order chi connectivity index (χ1) is 8.48. The zero-order chi connectivity index (χ0) is 13.8. The van der Waals surface area contributed by atoms with E-state index in [1.165, 1.54) is 44.9 Å². The van der Waals surface area contributed by atoms with Crippen LogP contribution in [0.15, 0.2) is 0 Å². The molecule has 0 spiro atoms. The summed E-state index contributed by atoms with van der Waals surface area (Å²) in [5, 5.41) is 0. The van der Waals surface area contributed by atoms with Gasteiger partial charge in [-0.2, -0.15) is 0 Å². The van der Waals surface area contributed by atoms with Crippen LogP contribution in [0.4, 0.5) is 0 Å². The van der Waals surface area contributed by atoms with E-state index < -0.39 is 0 Å². The minimum atomic E-state index is 0.457. The molecule has 0 amide bonds. The van der Waals surface area contributed by atoms with Crippen LogP contribution in [0.3, 0.4) is 0 Å². The van der Waals surface area contributed by atoms with E-state index in [0.29, 0.717) is 24.7 Å². The molecule has 0 heterocycles. The molecule has 0 saturated heterocycles. The quantitative estimate of drug-likeness (QED) is 0.344. The fourth-order valence-corrected chi connectivity index (χ4v) is 7.16. The lowest BCUT2D eigenvalue weighted by Crippen LogP contribution is -2.50. The van der Waals surface area contributed by atoms with Crippen LogP contribution in [-0.2, 0) is 0 Å². The highest BCUT2D eigenvalue weighted by Gasteiger charge is 2.49. The van der Waals surface area contributed by atoms with E-state index in [9.17, 15) is 0 Å². The smallest absolute Gasteiger partial charge is 0.0412 e. The Kier molecular flexibility index (Phi) is 8.37. The second kappa shape index (κ2) is 8.38. The minimum absolute atomic E-state index is 0.457. The number of unbranched alkanes of at least 4 members (excludes halogenated alkanes) is 2. The van der Waals surface area contributed by atoms with Gasteiger partial charge < -0.3 is 0 Å². The lowest BCUT2D eigenvalue weighted by molar-refractivity contribution is 0.176. The molecule has 0 radical (unpaired) electrons. The molecule has 0 bridgehead atoms. The molecule has 18 heavy (non-hydrogen) atoms. The second-order valence-electron chi connectivity index (χ2n) is 5.58. The molecule has 0 aromatic carbocycles. The first-order valence-corrected chi connectivity index (χ1v) is 10.7. The van der Waals surface area contributed by atoms with Crippen molar-refractivity contribution >= 4 is 63.7 Å². The summed E-state index contributed by atoms with van der Waals surface area (Å²) in [5.41, 5.74) is 0.457. The normalized spacial score (nSPS) is 35.7. The molecular weight excluding hydrogens is 488 g/mol. The SMILES string of the molecule is CCCCC1(CCCC)CC(Br)C(Br)C(Br)C1Br. The predicted molar refractivity (Wildman–Crippen MR) is 97.0 cm³/mol. The van der Waals surface area contributed by atoms with E-state index in [0.717, 1.165) is 0 Å². The fourth-order valence-electron chi connectivity index (χ4n) is 2.97. The molecule has 0 nitrogen and oxygen atoms in total. The molecule has 0 aliphatic heterocycles. The van der Waals surface area contributed by atoms with Crippen LogP contribution in [0, 0.1) is 5.41 Å². The summed E-state index contributed by atoms with van der Waals surface area (Å²) in [5.74, 6) is 0. The molecule has 1 fully saturated rings. The highest BCUT2D eigenvalue weighted by Crippen LogP contribution is 2.53. The zero-order valence-corrected chi connectivity index (χ0v) is 17.6. The van der Waals surface area contributed by atoms with Crippen LogP contribution >= 0.6 is 63.7 Å². The number of halogens is 4. The average Bonchev–Trinajstić information content (AvgIpc) is 2.37. The Morgan fingerprint density at radius 2 is 1.39 bits per heavy atom. The van der Waals surface area contributed by atoms with Crippen LogP contribution < -0.4 is 0 Å². The highest BCUT2D eigenvalue weighted by atomic mass is 79.9. The average molecular weight is 512 g/mol. The first kappa shape index (κ1) is 18.0. The summed E-state index contributed by atoms with van der Waals surface area (Å²) < 4.78 is 0.